The summed E-state index contributed by atoms with van der Waals surface area (Å²) in [6.07, 6.45) is 0. The molecule has 0 aliphatic carbocycles. The molecule has 0 radical (unpaired) electrons. The molecule has 0 saturated carbocycles. The molecule has 0 heterocycles. The molecule has 0 fully saturated rings. The molecule has 1 aromatic rings. The van der Waals surface area contributed by atoms with E-state index in [4.69, 9.17) is 23.1 Å². The Morgan fingerprint density at radius 1 is 1.45 bits per heavy atom. The molecular formula is C7H8BrClN2. The van der Waals surface area contributed by atoms with Gasteiger partial charge in [0.1, 0.15) is 0 Å². The van der Waals surface area contributed by atoms with Gasteiger partial charge in [-0.15, -0.1) is 0 Å². The standard InChI is InChI=1S/C7H8BrClN2/c8-5-1-2-6(9)7(11)4(5)3-10/h1-2H,3,10-11H2. The summed E-state index contributed by atoms with van der Waals surface area (Å²) in [6.45, 7) is 0.396. The van der Waals surface area contributed by atoms with Gasteiger partial charge in [0.2, 0.25) is 0 Å². The number of hydrogen-bond acceptors (Lipinski definition) is 2. The maximum atomic E-state index is 5.76. The average Bonchev–Trinajstić information content (AvgIpc) is 1.99. The molecule has 2 nitrogen and oxygen atoms in total. The van der Waals surface area contributed by atoms with Crippen LogP contribution in [0.2, 0.25) is 5.02 Å². The summed E-state index contributed by atoms with van der Waals surface area (Å²) in [7, 11) is 0. The second-order valence-corrected chi connectivity index (χ2v) is 3.39. The minimum atomic E-state index is 0.396. The van der Waals surface area contributed by atoms with Gasteiger partial charge in [0.15, 0.2) is 0 Å². The van der Waals surface area contributed by atoms with Gasteiger partial charge in [-0.25, -0.2) is 0 Å². The van der Waals surface area contributed by atoms with Gasteiger partial charge in [-0.1, -0.05) is 27.5 Å². The van der Waals surface area contributed by atoms with Crippen LogP contribution in [-0.4, -0.2) is 0 Å². The Morgan fingerprint density at radius 2 is 2.09 bits per heavy atom. The fraction of sp³-hybridized carbons (Fsp3) is 0.143. The molecule has 0 aliphatic heterocycles. The number of halogens is 2. The number of hydrogen-bond donors (Lipinski definition) is 2. The lowest BCUT2D eigenvalue weighted by molar-refractivity contribution is 1.07. The minimum Gasteiger partial charge on any atom is -0.397 e. The predicted octanol–water partition coefficient (Wildman–Crippen LogP) is 2.14. The van der Waals surface area contributed by atoms with Crippen LogP contribution in [0.1, 0.15) is 5.56 Å². The largest absolute Gasteiger partial charge is 0.397 e. The van der Waals surface area contributed by atoms with E-state index in [9.17, 15) is 0 Å². The highest BCUT2D eigenvalue weighted by molar-refractivity contribution is 9.10. The number of anilines is 1. The Bertz CT molecular complexity index is 275. The Morgan fingerprint density at radius 3 is 2.55 bits per heavy atom. The molecule has 0 saturated heterocycles. The Labute approximate surface area is 78.6 Å². The summed E-state index contributed by atoms with van der Waals surface area (Å²) in [5.74, 6) is 0. The molecule has 11 heavy (non-hydrogen) atoms. The van der Waals surface area contributed by atoms with E-state index >= 15 is 0 Å². The SMILES string of the molecule is NCc1c(Br)ccc(Cl)c1N. The number of nitrogens with two attached hydrogens (primary N) is 2. The van der Waals surface area contributed by atoms with E-state index in [2.05, 4.69) is 15.9 Å². The van der Waals surface area contributed by atoms with Gasteiger partial charge in [-0.2, -0.15) is 0 Å². The molecule has 60 valence electrons. The molecule has 0 atom stereocenters. The van der Waals surface area contributed by atoms with Gasteiger partial charge in [-0.05, 0) is 12.1 Å². The molecule has 0 spiro atoms. The molecule has 0 aliphatic rings. The first-order valence-corrected chi connectivity index (χ1v) is 4.26. The van der Waals surface area contributed by atoms with Crippen molar-refractivity contribution in [1.29, 1.82) is 0 Å². The fourth-order valence-electron chi connectivity index (χ4n) is 0.817. The normalized spacial score (nSPS) is 10.1. The molecule has 1 rings (SSSR count). The summed E-state index contributed by atoms with van der Waals surface area (Å²) in [5, 5.41) is 0.550. The van der Waals surface area contributed by atoms with Crippen LogP contribution in [-0.2, 0) is 6.54 Å². The number of benzene rings is 1. The van der Waals surface area contributed by atoms with Crippen molar-refractivity contribution in [2.75, 3.05) is 5.73 Å². The number of rotatable bonds is 1. The van der Waals surface area contributed by atoms with Crippen LogP contribution in [0.5, 0.6) is 0 Å². The van der Waals surface area contributed by atoms with Crippen molar-refractivity contribution in [2.24, 2.45) is 5.73 Å². The van der Waals surface area contributed by atoms with E-state index < -0.39 is 0 Å². The second kappa shape index (κ2) is 3.43. The van der Waals surface area contributed by atoms with E-state index in [-0.39, 0.29) is 0 Å². The van der Waals surface area contributed by atoms with Gasteiger partial charge in [0, 0.05) is 16.6 Å². The Kier molecular flexibility index (Phi) is 2.76. The molecule has 4 heteroatoms. The highest BCUT2D eigenvalue weighted by atomic mass is 79.9. The van der Waals surface area contributed by atoms with E-state index in [1.807, 2.05) is 6.07 Å². The highest BCUT2D eigenvalue weighted by Gasteiger charge is 2.05. The lowest BCUT2D eigenvalue weighted by Gasteiger charge is -2.06. The summed E-state index contributed by atoms with van der Waals surface area (Å²) < 4.78 is 0.905. The molecule has 4 N–H and O–H groups in total. The van der Waals surface area contributed by atoms with Crippen molar-refractivity contribution >= 4 is 33.2 Å². The molecule has 0 amide bonds. The van der Waals surface area contributed by atoms with Crippen LogP contribution in [0.15, 0.2) is 16.6 Å². The van der Waals surface area contributed by atoms with Crippen molar-refractivity contribution in [2.45, 2.75) is 6.54 Å². The van der Waals surface area contributed by atoms with Crippen LogP contribution in [0.25, 0.3) is 0 Å². The summed E-state index contributed by atoms with van der Waals surface area (Å²) in [4.78, 5) is 0. The van der Waals surface area contributed by atoms with Crippen molar-refractivity contribution in [3.63, 3.8) is 0 Å². The molecular weight excluding hydrogens is 227 g/mol. The minimum absolute atomic E-state index is 0.396. The van der Waals surface area contributed by atoms with Crippen molar-refractivity contribution in [3.05, 3.63) is 27.2 Å². The molecule has 1 aromatic carbocycles. The van der Waals surface area contributed by atoms with Gasteiger partial charge >= 0.3 is 0 Å². The molecule has 0 aromatic heterocycles. The highest BCUT2D eigenvalue weighted by Crippen LogP contribution is 2.28. The van der Waals surface area contributed by atoms with Crippen molar-refractivity contribution in [3.8, 4) is 0 Å². The zero-order valence-electron chi connectivity index (χ0n) is 5.77. The maximum Gasteiger partial charge on any atom is 0.0639 e. The van der Waals surface area contributed by atoms with Crippen LogP contribution >= 0.6 is 27.5 Å². The van der Waals surface area contributed by atoms with Crippen molar-refractivity contribution in [1.82, 2.24) is 0 Å². The van der Waals surface area contributed by atoms with Crippen molar-refractivity contribution < 1.29 is 0 Å². The molecule has 0 bridgehead atoms. The summed E-state index contributed by atoms with van der Waals surface area (Å²) in [5.41, 5.74) is 12.5. The zero-order valence-corrected chi connectivity index (χ0v) is 8.11. The second-order valence-electron chi connectivity index (χ2n) is 2.13. The van der Waals surface area contributed by atoms with Crippen LogP contribution in [0.3, 0.4) is 0 Å². The lowest BCUT2D eigenvalue weighted by atomic mass is 10.2. The quantitative estimate of drug-likeness (QED) is 0.733. The summed E-state index contributed by atoms with van der Waals surface area (Å²) in [6, 6.07) is 3.57. The van der Waals surface area contributed by atoms with Crippen LogP contribution in [0, 0.1) is 0 Å². The zero-order chi connectivity index (χ0) is 8.43. The monoisotopic (exact) mass is 234 g/mol. The molecule has 0 unspecified atom stereocenters. The summed E-state index contributed by atoms with van der Waals surface area (Å²) >= 11 is 9.09. The van der Waals surface area contributed by atoms with Gasteiger partial charge in [-0.3, -0.25) is 0 Å². The van der Waals surface area contributed by atoms with E-state index in [1.54, 1.807) is 6.07 Å². The smallest absolute Gasteiger partial charge is 0.0639 e. The predicted molar refractivity (Wildman–Crippen MR) is 51.5 cm³/mol. The van der Waals surface area contributed by atoms with Crippen LogP contribution in [0.4, 0.5) is 5.69 Å². The van der Waals surface area contributed by atoms with E-state index in [0.717, 1.165) is 10.0 Å². The maximum absolute atomic E-state index is 5.76. The third-order valence-electron chi connectivity index (χ3n) is 1.45. The van der Waals surface area contributed by atoms with Gasteiger partial charge in [0.05, 0.1) is 10.7 Å². The van der Waals surface area contributed by atoms with Gasteiger partial charge in [0.25, 0.3) is 0 Å². The first-order valence-electron chi connectivity index (χ1n) is 3.09. The third kappa shape index (κ3) is 1.67. The van der Waals surface area contributed by atoms with Crippen LogP contribution < -0.4 is 11.5 Å². The van der Waals surface area contributed by atoms with E-state index in [1.165, 1.54) is 0 Å². The lowest BCUT2D eigenvalue weighted by Crippen LogP contribution is -2.02. The Hall–Kier alpha value is -0.250. The fourth-order valence-corrected chi connectivity index (χ4v) is 1.50. The van der Waals surface area contributed by atoms with Gasteiger partial charge < -0.3 is 11.5 Å². The number of nitrogen functional groups attached to an aromatic ring is 1. The topological polar surface area (TPSA) is 52.0 Å². The van der Waals surface area contributed by atoms with E-state index in [0.29, 0.717) is 17.3 Å². The average molecular weight is 236 g/mol. The first-order chi connectivity index (χ1) is 5.16. The third-order valence-corrected chi connectivity index (χ3v) is 2.52. The first kappa shape index (κ1) is 8.84. The Balaban J connectivity index is 3.29.